The minimum Gasteiger partial charge on any atom is -0.382 e. The van der Waals surface area contributed by atoms with Crippen molar-refractivity contribution < 1.29 is 4.39 Å². The third-order valence-electron chi connectivity index (χ3n) is 4.75. The van der Waals surface area contributed by atoms with E-state index in [1.165, 1.54) is 12.4 Å². The Balaban J connectivity index is 1.88. The van der Waals surface area contributed by atoms with Gasteiger partial charge < -0.3 is 11.1 Å². The zero-order valence-electron chi connectivity index (χ0n) is 15.6. The third kappa shape index (κ3) is 3.32. The van der Waals surface area contributed by atoms with Crippen LogP contribution in [0.2, 0.25) is 0 Å². The number of halogens is 1. The Labute approximate surface area is 166 Å². The molecule has 3 N–H and O–H groups in total. The average molecular weight is 384 g/mol. The molecule has 0 saturated carbocycles. The lowest BCUT2D eigenvalue weighted by atomic mass is 9.93. The number of para-hydroxylation sites is 1. The third-order valence-corrected chi connectivity index (χ3v) is 4.75. The fourth-order valence-corrected chi connectivity index (χ4v) is 3.36. The number of benzene rings is 2. The lowest BCUT2D eigenvalue weighted by Crippen LogP contribution is -2.12. The molecule has 4 rings (SSSR count). The Hall–Kier alpha value is -4.05. The smallest absolute Gasteiger partial charge is 0.150 e. The molecule has 0 amide bonds. The Kier molecular flexibility index (Phi) is 4.75. The van der Waals surface area contributed by atoms with Crippen LogP contribution in [0.15, 0.2) is 61.1 Å². The van der Waals surface area contributed by atoms with Gasteiger partial charge in [-0.3, -0.25) is 4.98 Å². The molecule has 0 fully saturated rings. The van der Waals surface area contributed by atoms with Crippen LogP contribution >= 0.6 is 0 Å². The molecule has 0 unspecified atom stereocenters. The van der Waals surface area contributed by atoms with Crippen molar-refractivity contribution in [3.05, 3.63) is 78.0 Å². The van der Waals surface area contributed by atoms with E-state index in [4.69, 9.17) is 5.73 Å². The van der Waals surface area contributed by atoms with Crippen LogP contribution in [0.5, 0.6) is 0 Å². The van der Waals surface area contributed by atoms with E-state index >= 15 is 0 Å². The highest BCUT2D eigenvalue weighted by atomic mass is 19.1. The molecule has 6 nitrogen and oxygen atoms in total. The number of nitrogens with one attached hydrogen (secondary N) is 1. The molecule has 2 heterocycles. The Morgan fingerprint density at radius 2 is 1.86 bits per heavy atom. The largest absolute Gasteiger partial charge is 0.382 e. The minimum absolute atomic E-state index is 0.110. The van der Waals surface area contributed by atoms with Gasteiger partial charge in [0.25, 0.3) is 0 Å². The first-order valence-electron chi connectivity index (χ1n) is 8.99. The molecule has 0 aliphatic rings. The summed E-state index contributed by atoms with van der Waals surface area (Å²) in [6.45, 7) is 1.92. The van der Waals surface area contributed by atoms with Crippen molar-refractivity contribution in [2.75, 3.05) is 11.1 Å². The summed E-state index contributed by atoms with van der Waals surface area (Å²) in [6, 6.07) is 16.4. The summed E-state index contributed by atoms with van der Waals surface area (Å²) < 4.78 is 14.4. The van der Waals surface area contributed by atoms with Crippen LogP contribution in [-0.2, 0) is 0 Å². The number of hydrogen-bond acceptors (Lipinski definition) is 6. The zero-order valence-corrected chi connectivity index (χ0v) is 15.6. The summed E-state index contributed by atoms with van der Waals surface area (Å²) in [5, 5.41) is 13.3. The Morgan fingerprint density at radius 3 is 2.62 bits per heavy atom. The summed E-state index contributed by atoms with van der Waals surface area (Å²) in [4.78, 5) is 12.4. The first-order chi connectivity index (χ1) is 14.1. The van der Waals surface area contributed by atoms with Gasteiger partial charge in [-0.25, -0.2) is 14.4 Å². The standard InChI is InChI=1S/C22H17FN6/c1-13(29-22-16(10-24)21(25)27-12-28-22)17-11-26-20-15(8-5-9-18(20)23)19(17)14-6-3-2-4-7-14/h2-9,11-13H,1H3,(H3,25,27,28,29)/t13-/m1/s1. The molecule has 0 bridgehead atoms. The van der Waals surface area contributed by atoms with E-state index < -0.39 is 0 Å². The first-order valence-corrected chi connectivity index (χ1v) is 8.99. The van der Waals surface area contributed by atoms with Gasteiger partial charge in [-0.15, -0.1) is 0 Å². The van der Waals surface area contributed by atoms with Crippen molar-refractivity contribution in [1.82, 2.24) is 15.0 Å². The van der Waals surface area contributed by atoms with Crippen LogP contribution in [0.4, 0.5) is 16.0 Å². The summed E-state index contributed by atoms with van der Waals surface area (Å²) in [6.07, 6.45) is 2.96. The van der Waals surface area contributed by atoms with Gasteiger partial charge in [0.1, 0.15) is 40.9 Å². The molecule has 1 atom stereocenters. The topological polar surface area (TPSA) is 101 Å². The van der Waals surface area contributed by atoms with Crippen molar-refractivity contribution in [1.29, 1.82) is 5.26 Å². The van der Waals surface area contributed by atoms with Crippen LogP contribution < -0.4 is 11.1 Å². The summed E-state index contributed by atoms with van der Waals surface area (Å²) in [5.41, 5.74) is 8.94. The molecule has 142 valence electrons. The van der Waals surface area contributed by atoms with Crippen LogP contribution in [0.25, 0.3) is 22.0 Å². The molecular formula is C22H17FN6. The molecule has 0 aliphatic carbocycles. The SMILES string of the molecule is C[C@@H](Nc1ncnc(N)c1C#N)c1cnc2c(F)cccc2c1-c1ccccc1. The van der Waals surface area contributed by atoms with Crippen molar-refractivity contribution in [2.45, 2.75) is 13.0 Å². The predicted octanol–water partition coefficient (Wildman–Crippen LogP) is 4.46. The Bertz CT molecular complexity index is 1230. The molecule has 2 aromatic carbocycles. The number of nitrogens with two attached hydrogens (primary N) is 1. The van der Waals surface area contributed by atoms with E-state index in [0.29, 0.717) is 16.7 Å². The summed E-state index contributed by atoms with van der Waals surface area (Å²) >= 11 is 0. The lowest BCUT2D eigenvalue weighted by Gasteiger charge is -2.21. The van der Waals surface area contributed by atoms with Crippen LogP contribution in [0.3, 0.4) is 0 Å². The van der Waals surface area contributed by atoms with Gasteiger partial charge in [0.2, 0.25) is 0 Å². The maximum atomic E-state index is 14.4. The van der Waals surface area contributed by atoms with Gasteiger partial charge in [-0.2, -0.15) is 5.26 Å². The maximum absolute atomic E-state index is 14.4. The molecule has 7 heteroatoms. The minimum atomic E-state index is -0.373. The molecule has 0 radical (unpaired) electrons. The number of pyridine rings is 1. The predicted molar refractivity (Wildman–Crippen MR) is 110 cm³/mol. The number of hydrogen-bond donors (Lipinski definition) is 2. The normalized spacial score (nSPS) is 11.8. The highest BCUT2D eigenvalue weighted by Gasteiger charge is 2.19. The van der Waals surface area contributed by atoms with Crippen molar-refractivity contribution >= 4 is 22.5 Å². The number of fused-ring (bicyclic) bond motifs is 1. The van der Waals surface area contributed by atoms with Crippen LogP contribution in [0, 0.1) is 17.1 Å². The van der Waals surface area contributed by atoms with E-state index in [0.717, 1.165) is 16.7 Å². The lowest BCUT2D eigenvalue weighted by molar-refractivity contribution is 0.636. The second-order valence-electron chi connectivity index (χ2n) is 6.55. The average Bonchev–Trinajstić information content (AvgIpc) is 2.74. The van der Waals surface area contributed by atoms with E-state index in [1.807, 2.05) is 49.4 Å². The molecule has 0 saturated heterocycles. The molecule has 4 aromatic rings. The molecule has 29 heavy (non-hydrogen) atoms. The number of nitrogen functional groups attached to an aromatic ring is 1. The van der Waals surface area contributed by atoms with Gasteiger partial charge in [0, 0.05) is 17.1 Å². The second kappa shape index (κ2) is 7.52. The molecule has 2 aromatic heterocycles. The van der Waals surface area contributed by atoms with E-state index in [9.17, 15) is 9.65 Å². The molecule has 0 spiro atoms. The van der Waals surface area contributed by atoms with Crippen LogP contribution in [0.1, 0.15) is 24.1 Å². The summed E-state index contributed by atoms with van der Waals surface area (Å²) in [5.74, 6) is 0.0761. The monoisotopic (exact) mass is 384 g/mol. The van der Waals surface area contributed by atoms with Crippen molar-refractivity contribution in [3.8, 4) is 17.2 Å². The quantitative estimate of drug-likeness (QED) is 0.539. The van der Waals surface area contributed by atoms with Gasteiger partial charge in [-0.1, -0.05) is 42.5 Å². The number of nitrogens with zero attached hydrogens (tertiary/aromatic N) is 4. The molecule has 0 aliphatic heterocycles. The Morgan fingerprint density at radius 1 is 1.07 bits per heavy atom. The van der Waals surface area contributed by atoms with Crippen LogP contribution in [-0.4, -0.2) is 15.0 Å². The number of aromatic nitrogens is 3. The number of rotatable bonds is 4. The summed E-state index contributed by atoms with van der Waals surface area (Å²) in [7, 11) is 0. The van der Waals surface area contributed by atoms with Crippen molar-refractivity contribution in [3.63, 3.8) is 0 Å². The van der Waals surface area contributed by atoms with Gasteiger partial charge >= 0.3 is 0 Å². The zero-order chi connectivity index (χ0) is 20.4. The fourth-order valence-electron chi connectivity index (χ4n) is 3.36. The van der Waals surface area contributed by atoms with E-state index in [2.05, 4.69) is 20.3 Å². The van der Waals surface area contributed by atoms with Crippen molar-refractivity contribution in [2.24, 2.45) is 0 Å². The van der Waals surface area contributed by atoms with Gasteiger partial charge in [0.05, 0.1) is 6.04 Å². The fraction of sp³-hybridized carbons (Fsp3) is 0.0909. The van der Waals surface area contributed by atoms with E-state index in [-0.39, 0.29) is 23.2 Å². The number of nitriles is 1. The highest BCUT2D eigenvalue weighted by Crippen LogP contribution is 2.36. The van der Waals surface area contributed by atoms with Gasteiger partial charge in [0.15, 0.2) is 0 Å². The molecular weight excluding hydrogens is 367 g/mol. The maximum Gasteiger partial charge on any atom is 0.150 e. The first kappa shape index (κ1) is 18.3. The highest BCUT2D eigenvalue weighted by molar-refractivity contribution is 5.96. The number of anilines is 2. The second-order valence-corrected chi connectivity index (χ2v) is 6.55. The van der Waals surface area contributed by atoms with E-state index in [1.54, 1.807) is 12.3 Å². The van der Waals surface area contributed by atoms with Gasteiger partial charge in [-0.05, 0) is 24.1 Å².